The number of carbonyl (C=O) groups excluding carboxylic acids is 1. The minimum Gasteiger partial charge on any atom is -0.305 e. The van der Waals surface area contributed by atoms with Crippen LogP contribution in [0, 0.1) is 0 Å². The van der Waals surface area contributed by atoms with Crippen LogP contribution < -0.4 is 9.62 Å². The number of nitrogens with zero attached hydrogens (tertiary/aromatic N) is 2. The van der Waals surface area contributed by atoms with Crippen molar-refractivity contribution < 1.29 is 26.4 Å². The first kappa shape index (κ1) is 22.1. The molecule has 0 unspecified atom stereocenters. The molecule has 6 nitrogen and oxygen atoms in total. The number of fused-ring (bicyclic) bond motifs is 1. The van der Waals surface area contributed by atoms with Crippen molar-refractivity contribution in [3.8, 4) is 0 Å². The second kappa shape index (κ2) is 8.10. The molecule has 32 heavy (non-hydrogen) atoms. The first-order valence-corrected chi connectivity index (χ1v) is 11.1. The number of carbonyl (C=O) groups is 1. The van der Waals surface area contributed by atoms with E-state index in [2.05, 4.69) is 10.3 Å². The lowest BCUT2D eigenvalue weighted by Gasteiger charge is -2.20. The van der Waals surface area contributed by atoms with E-state index < -0.39 is 32.7 Å². The number of rotatable bonds is 4. The number of aromatic nitrogens is 1. The van der Waals surface area contributed by atoms with E-state index in [9.17, 15) is 26.4 Å². The van der Waals surface area contributed by atoms with Crippen LogP contribution in [0.3, 0.4) is 0 Å². The van der Waals surface area contributed by atoms with Crippen molar-refractivity contribution in [1.82, 2.24) is 4.98 Å². The van der Waals surface area contributed by atoms with Gasteiger partial charge < -0.3 is 5.32 Å². The fourth-order valence-electron chi connectivity index (χ4n) is 3.35. The van der Waals surface area contributed by atoms with Crippen LogP contribution in [-0.2, 0) is 22.6 Å². The molecule has 0 saturated carbocycles. The SMILES string of the molecule is O=C(Nc1ncc(C(F)(F)F)cc1Cl)c1cccc(S(=O)(=O)N2CCc3ccccc32)c1. The molecule has 0 atom stereocenters. The topological polar surface area (TPSA) is 79.4 Å². The average molecular weight is 482 g/mol. The molecule has 2 heterocycles. The normalized spacial score (nSPS) is 13.7. The maximum atomic E-state index is 13.2. The zero-order chi connectivity index (χ0) is 23.1. The first-order valence-electron chi connectivity index (χ1n) is 9.32. The van der Waals surface area contributed by atoms with Crippen molar-refractivity contribution in [1.29, 1.82) is 0 Å². The summed E-state index contributed by atoms with van der Waals surface area (Å²) in [7, 11) is -3.92. The van der Waals surface area contributed by atoms with Gasteiger partial charge in [-0.3, -0.25) is 9.10 Å². The molecule has 0 saturated heterocycles. The lowest BCUT2D eigenvalue weighted by atomic mass is 10.2. The van der Waals surface area contributed by atoms with Crippen molar-refractivity contribution in [3.05, 3.63) is 82.5 Å². The number of amides is 1. The highest BCUT2D eigenvalue weighted by molar-refractivity contribution is 7.92. The van der Waals surface area contributed by atoms with Crippen LogP contribution in [0.5, 0.6) is 0 Å². The molecule has 166 valence electrons. The van der Waals surface area contributed by atoms with Gasteiger partial charge in [0, 0.05) is 18.3 Å². The lowest BCUT2D eigenvalue weighted by molar-refractivity contribution is -0.137. The maximum absolute atomic E-state index is 13.2. The molecule has 3 aromatic rings. The van der Waals surface area contributed by atoms with Gasteiger partial charge in [-0.25, -0.2) is 13.4 Å². The number of para-hydroxylation sites is 1. The molecule has 1 aliphatic rings. The van der Waals surface area contributed by atoms with Crippen molar-refractivity contribution in [2.45, 2.75) is 17.5 Å². The average Bonchev–Trinajstić information content (AvgIpc) is 3.19. The van der Waals surface area contributed by atoms with Crippen molar-refractivity contribution in [2.24, 2.45) is 0 Å². The van der Waals surface area contributed by atoms with Crippen molar-refractivity contribution >= 4 is 39.0 Å². The number of sulfonamides is 1. The van der Waals surface area contributed by atoms with E-state index in [1.165, 1.54) is 28.6 Å². The summed E-state index contributed by atoms with van der Waals surface area (Å²) in [4.78, 5) is 16.1. The van der Waals surface area contributed by atoms with Crippen LogP contribution >= 0.6 is 11.6 Å². The molecule has 4 rings (SSSR count). The molecular formula is C21H15ClF3N3O3S. The van der Waals surface area contributed by atoms with Crippen LogP contribution in [0.25, 0.3) is 0 Å². The third-order valence-corrected chi connectivity index (χ3v) is 7.03. The number of alkyl halides is 3. The van der Waals surface area contributed by atoms with E-state index in [1.54, 1.807) is 12.1 Å². The summed E-state index contributed by atoms with van der Waals surface area (Å²) < 4.78 is 65.9. The molecule has 1 aliphatic heterocycles. The zero-order valence-corrected chi connectivity index (χ0v) is 17.8. The third-order valence-electron chi connectivity index (χ3n) is 4.93. The van der Waals surface area contributed by atoms with Crippen LogP contribution in [0.15, 0.2) is 65.7 Å². The number of hydrogen-bond donors (Lipinski definition) is 1. The Kier molecular flexibility index (Phi) is 5.59. The number of halogens is 4. The van der Waals surface area contributed by atoms with E-state index in [1.807, 2.05) is 12.1 Å². The Morgan fingerprint density at radius 3 is 2.56 bits per heavy atom. The van der Waals surface area contributed by atoms with E-state index in [0.717, 1.165) is 5.56 Å². The Hall–Kier alpha value is -3.11. The predicted molar refractivity (Wildman–Crippen MR) is 113 cm³/mol. The fourth-order valence-corrected chi connectivity index (χ4v) is 5.11. The third kappa shape index (κ3) is 4.15. The lowest BCUT2D eigenvalue weighted by Crippen LogP contribution is -2.29. The minimum atomic E-state index is -4.63. The number of nitrogens with one attached hydrogen (secondary N) is 1. The molecule has 2 aromatic carbocycles. The Balaban J connectivity index is 1.59. The molecule has 1 amide bonds. The van der Waals surface area contributed by atoms with Crippen LogP contribution in [0.4, 0.5) is 24.7 Å². The Morgan fingerprint density at radius 2 is 1.84 bits per heavy atom. The Morgan fingerprint density at radius 1 is 1.09 bits per heavy atom. The van der Waals surface area contributed by atoms with E-state index >= 15 is 0 Å². The molecule has 11 heteroatoms. The summed E-state index contributed by atoms with van der Waals surface area (Å²) in [5.74, 6) is -1.04. The second-order valence-corrected chi connectivity index (χ2v) is 9.26. The van der Waals surface area contributed by atoms with Crippen LogP contribution in [-0.4, -0.2) is 25.9 Å². The first-order chi connectivity index (χ1) is 15.1. The standard InChI is InChI=1S/C21H15ClF3N3O3S/c22-17-11-15(21(23,24)25)12-26-19(17)27-20(29)14-5-3-6-16(10-14)32(30,31)28-9-8-13-4-1-2-7-18(13)28/h1-7,10-12H,8-9H2,(H,26,27,29). The maximum Gasteiger partial charge on any atom is 0.417 e. The van der Waals surface area contributed by atoms with E-state index in [4.69, 9.17) is 11.6 Å². The highest BCUT2D eigenvalue weighted by Gasteiger charge is 2.32. The van der Waals surface area contributed by atoms with Gasteiger partial charge in [-0.15, -0.1) is 0 Å². The predicted octanol–water partition coefficient (Wildman–Crippen LogP) is 4.76. The van der Waals surface area contributed by atoms with Crippen LogP contribution in [0.1, 0.15) is 21.5 Å². The number of anilines is 2. The molecule has 0 bridgehead atoms. The van der Waals surface area contributed by atoms with Gasteiger partial charge >= 0.3 is 6.18 Å². The van der Waals surface area contributed by atoms with Crippen LogP contribution in [0.2, 0.25) is 5.02 Å². The van der Waals surface area contributed by atoms with Crippen molar-refractivity contribution in [3.63, 3.8) is 0 Å². The quantitative estimate of drug-likeness (QED) is 0.583. The van der Waals surface area contributed by atoms with Gasteiger partial charge in [0.25, 0.3) is 15.9 Å². The largest absolute Gasteiger partial charge is 0.417 e. The Bertz CT molecular complexity index is 1310. The highest BCUT2D eigenvalue weighted by atomic mass is 35.5. The van der Waals surface area contributed by atoms with Gasteiger partial charge in [0.15, 0.2) is 5.82 Å². The van der Waals surface area contributed by atoms with Gasteiger partial charge in [0.1, 0.15) is 0 Å². The molecule has 0 aliphatic carbocycles. The minimum absolute atomic E-state index is 0.0173. The number of hydrogen-bond acceptors (Lipinski definition) is 4. The van der Waals surface area contributed by atoms with Gasteiger partial charge in [-0.05, 0) is 42.3 Å². The summed E-state index contributed by atoms with van der Waals surface area (Å²) in [6.07, 6.45) is -3.50. The Labute approximate surface area is 186 Å². The van der Waals surface area contributed by atoms with Gasteiger partial charge in [0.05, 0.1) is 21.2 Å². The van der Waals surface area contributed by atoms with Crippen molar-refractivity contribution in [2.75, 3.05) is 16.2 Å². The van der Waals surface area contributed by atoms with E-state index in [0.29, 0.717) is 24.4 Å². The monoisotopic (exact) mass is 481 g/mol. The second-order valence-electron chi connectivity index (χ2n) is 6.99. The fraction of sp³-hybridized carbons (Fsp3) is 0.143. The molecule has 1 aromatic heterocycles. The molecular weight excluding hydrogens is 467 g/mol. The summed E-state index contributed by atoms with van der Waals surface area (Å²) in [6.45, 7) is 0.281. The van der Waals surface area contributed by atoms with Gasteiger partial charge in [-0.1, -0.05) is 35.9 Å². The summed E-state index contributed by atoms with van der Waals surface area (Å²) in [5.41, 5.74) is 0.423. The summed E-state index contributed by atoms with van der Waals surface area (Å²) in [5, 5.41) is 1.91. The smallest absolute Gasteiger partial charge is 0.305 e. The highest BCUT2D eigenvalue weighted by Crippen LogP contribution is 2.34. The zero-order valence-electron chi connectivity index (χ0n) is 16.2. The van der Waals surface area contributed by atoms with E-state index in [-0.39, 0.29) is 22.8 Å². The molecule has 1 N–H and O–H groups in total. The van der Waals surface area contributed by atoms with Gasteiger partial charge in [-0.2, -0.15) is 13.2 Å². The molecule has 0 radical (unpaired) electrons. The summed E-state index contributed by atoms with van der Waals surface area (Å²) >= 11 is 5.83. The molecule has 0 spiro atoms. The number of pyridine rings is 1. The summed E-state index contributed by atoms with van der Waals surface area (Å²) in [6, 6.07) is 13.2. The number of benzene rings is 2. The molecule has 0 fully saturated rings. The van der Waals surface area contributed by atoms with Gasteiger partial charge in [0.2, 0.25) is 0 Å².